The van der Waals surface area contributed by atoms with E-state index in [2.05, 4.69) is 15.6 Å². The predicted octanol–water partition coefficient (Wildman–Crippen LogP) is 5.53. The summed E-state index contributed by atoms with van der Waals surface area (Å²) in [5.41, 5.74) is 0.603. The van der Waals surface area contributed by atoms with Gasteiger partial charge in [-0.25, -0.2) is 22.8 Å². The molecule has 1 aromatic heterocycles. The van der Waals surface area contributed by atoms with E-state index in [-0.39, 0.29) is 23.2 Å². The Hall–Kier alpha value is -3.49. The fraction of sp³-hybridized carbons (Fsp3) is 0.407. The van der Waals surface area contributed by atoms with E-state index >= 15 is 0 Å². The van der Waals surface area contributed by atoms with Crippen molar-refractivity contribution < 1.29 is 27.5 Å². The molecule has 1 atom stereocenters. The molecule has 0 radical (unpaired) electrons. The number of hydrogen-bond acceptors (Lipinski definition) is 3. The molecule has 3 aromatic rings. The summed E-state index contributed by atoms with van der Waals surface area (Å²) < 4.78 is 47.5. The van der Waals surface area contributed by atoms with E-state index in [1.165, 1.54) is 18.2 Å². The van der Waals surface area contributed by atoms with Crippen LogP contribution < -0.4 is 10.6 Å². The number of carbonyl (C=O) groups is 2. The van der Waals surface area contributed by atoms with Crippen molar-refractivity contribution in [2.45, 2.75) is 57.1 Å². The van der Waals surface area contributed by atoms with Crippen LogP contribution in [0.2, 0.25) is 0 Å². The molecule has 2 fully saturated rings. The summed E-state index contributed by atoms with van der Waals surface area (Å²) >= 11 is 0. The Kier molecular flexibility index (Phi) is 5.76. The van der Waals surface area contributed by atoms with Crippen LogP contribution in [0.5, 0.6) is 0 Å². The van der Waals surface area contributed by atoms with Crippen molar-refractivity contribution in [3.63, 3.8) is 0 Å². The average Bonchev–Trinajstić information content (AvgIpc) is 3.21. The van der Waals surface area contributed by atoms with Gasteiger partial charge in [-0.15, -0.1) is 0 Å². The van der Waals surface area contributed by atoms with Crippen LogP contribution in [0.3, 0.4) is 0 Å². The zero-order valence-corrected chi connectivity index (χ0v) is 20.3. The zero-order chi connectivity index (χ0) is 25.8. The van der Waals surface area contributed by atoms with Crippen molar-refractivity contribution in [2.75, 3.05) is 6.54 Å². The van der Waals surface area contributed by atoms with Gasteiger partial charge in [0, 0.05) is 24.4 Å². The normalized spacial score (nSPS) is 24.9. The van der Waals surface area contributed by atoms with E-state index in [4.69, 9.17) is 4.74 Å². The van der Waals surface area contributed by atoms with Gasteiger partial charge in [0.15, 0.2) is 0 Å². The molecule has 36 heavy (non-hydrogen) atoms. The summed E-state index contributed by atoms with van der Waals surface area (Å²) in [7, 11) is 0. The first-order valence-electron chi connectivity index (χ1n) is 12.0. The molecule has 2 aromatic carbocycles. The van der Waals surface area contributed by atoms with Gasteiger partial charge in [0.2, 0.25) is 0 Å². The molecule has 190 valence electrons. The number of esters is 1. The summed E-state index contributed by atoms with van der Waals surface area (Å²) in [6.45, 7) is 5.64. The molecule has 1 aliphatic carbocycles. The van der Waals surface area contributed by atoms with Crippen molar-refractivity contribution >= 4 is 22.9 Å². The molecule has 2 heterocycles. The fourth-order valence-corrected chi connectivity index (χ4v) is 5.60. The Labute approximate surface area is 206 Å². The quantitative estimate of drug-likeness (QED) is 0.404. The zero-order valence-electron chi connectivity index (χ0n) is 20.3. The monoisotopic (exact) mass is 499 g/mol. The van der Waals surface area contributed by atoms with Crippen molar-refractivity contribution in [3.05, 3.63) is 59.4 Å². The Morgan fingerprint density at radius 3 is 2.42 bits per heavy atom. The number of nitrogens with one attached hydrogen (secondary N) is 3. The Morgan fingerprint density at radius 1 is 1.08 bits per heavy atom. The molecule has 1 saturated heterocycles. The van der Waals surface area contributed by atoms with Crippen molar-refractivity contribution in [2.24, 2.45) is 5.92 Å². The molecule has 1 aliphatic heterocycles. The number of cyclic esters (lactones) is 1. The molecular formula is C27H28F3N3O3. The third-order valence-corrected chi connectivity index (χ3v) is 7.18. The van der Waals surface area contributed by atoms with E-state index in [1.807, 2.05) is 0 Å². The summed E-state index contributed by atoms with van der Waals surface area (Å²) in [4.78, 5) is 27.8. The average molecular weight is 500 g/mol. The highest BCUT2D eigenvalue weighted by Gasteiger charge is 2.50. The van der Waals surface area contributed by atoms with E-state index in [0.717, 1.165) is 11.6 Å². The Morgan fingerprint density at radius 2 is 1.78 bits per heavy atom. The number of H-pyrrole nitrogens is 1. The summed E-state index contributed by atoms with van der Waals surface area (Å²) in [5.74, 6) is -2.02. The van der Waals surface area contributed by atoms with Crippen LogP contribution in [0.15, 0.2) is 36.4 Å². The molecule has 1 saturated carbocycles. The first-order chi connectivity index (χ1) is 16.9. The third kappa shape index (κ3) is 4.42. The summed E-state index contributed by atoms with van der Waals surface area (Å²) in [6, 6.07) is 7.58. The minimum Gasteiger partial charge on any atom is -0.458 e. The molecule has 2 amide bonds. The maximum atomic E-state index is 14.5. The first-order valence-corrected chi connectivity index (χ1v) is 12.0. The maximum Gasteiger partial charge on any atom is 0.332 e. The number of amides is 2. The second-order valence-electron chi connectivity index (χ2n) is 10.8. The highest BCUT2D eigenvalue weighted by atomic mass is 19.1. The highest BCUT2D eigenvalue weighted by Crippen LogP contribution is 2.48. The predicted molar refractivity (Wildman–Crippen MR) is 129 cm³/mol. The number of aromatic amines is 1. The van der Waals surface area contributed by atoms with Gasteiger partial charge in [-0.1, -0.05) is 0 Å². The van der Waals surface area contributed by atoms with Gasteiger partial charge in [0.25, 0.3) is 0 Å². The SMILES string of the molecule is CC1(C)CC(C)(NC(=O)NCC2CC(c3c(-c4ccc(F)cc4)[nH]c4c(F)cc(F)cc34)C2)C(=O)O1. The summed E-state index contributed by atoms with van der Waals surface area (Å²) in [5, 5.41) is 6.03. The molecule has 2 aliphatic rings. The lowest BCUT2D eigenvalue weighted by Gasteiger charge is -2.36. The Bertz CT molecular complexity index is 1350. The first kappa shape index (κ1) is 24.2. The largest absolute Gasteiger partial charge is 0.458 e. The smallest absolute Gasteiger partial charge is 0.332 e. The number of rotatable bonds is 5. The second-order valence-corrected chi connectivity index (χ2v) is 10.8. The van der Waals surface area contributed by atoms with Crippen LogP contribution in [-0.2, 0) is 9.53 Å². The number of benzene rings is 2. The standard InChI is InChI=1S/C27H28F3N3O3/c1-26(2)13-27(3,24(34)36-26)33-25(35)31-12-14-8-16(9-14)21-19-10-18(29)11-20(30)23(19)32-22(21)15-4-6-17(28)7-5-15/h4-7,10-11,14,16,32H,8-9,12-13H2,1-3H3,(H2,31,33,35). The van der Waals surface area contributed by atoms with Gasteiger partial charge in [-0.2, -0.15) is 0 Å². The summed E-state index contributed by atoms with van der Waals surface area (Å²) in [6.07, 6.45) is 1.77. The third-order valence-electron chi connectivity index (χ3n) is 7.18. The van der Waals surface area contributed by atoms with Gasteiger partial charge in [-0.05, 0) is 86.9 Å². The number of fused-ring (bicyclic) bond motifs is 1. The van der Waals surface area contributed by atoms with E-state index < -0.39 is 34.8 Å². The minimum atomic E-state index is -1.09. The minimum absolute atomic E-state index is 0.0120. The van der Waals surface area contributed by atoms with Crippen LogP contribution in [0.1, 0.15) is 51.5 Å². The van der Waals surface area contributed by atoms with Gasteiger partial charge < -0.3 is 20.4 Å². The molecule has 1 unspecified atom stereocenters. The van der Waals surface area contributed by atoms with Crippen LogP contribution in [0.4, 0.5) is 18.0 Å². The van der Waals surface area contributed by atoms with Gasteiger partial charge in [-0.3, -0.25) is 0 Å². The lowest BCUT2D eigenvalue weighted by Crippen LogP contribution is -2.54. The van der Waals surface area contributed by atoms with E-state index in [1.54, 1.807) is 32.9 Å². The second kappa shape index (κ2) is 8.57. The van der Waals surface area contributed by atoms with Crippen LogP contribution in [0.25, 0.3) is 22.2 Å². The highest BCUT2D eigenvalue weighted by molar-refractivity contribution is 5.92. The van der Waals surface area contributed by atoms with Crippen molar-refractivity contribution in [1.82, 2.24) is 15.6 Å². The van der Waals surface area contributed by atoms with Crippen LogP contribution in [0, 0.1) is 23.4 Å². The van der Waals surface area contributed by atoms with Gasteiger partial charge in [0.1, 0.15) is 28.6 Å². The lowest BCUT2D eigenvalue weighted by molar-refractivity contribution is -0.149. The molecule has 6 nitrogen and oxygen atoms in total. The molecule has 0 bridgehead atoms. The van der Waals surface area contributed by atoms with E-state index in [0.29, 0.717) is 42.5 Å². The molecule has 0 spiro atoms. The van der Waals surface area contributed by atoms with Crippen molar-refractivity contribution in [1.29, 1.82) is 0 Å². The van der Waals surface area contributed by atoms with Crippen molar-refractivity contribution in [3.8, 4) is 11.3 Å². The molecule has 5 rings (SSSR count). The molecule has 9 heteroatoms. The number of carbonyl (C=O) groups excluding carboxylic acids is 2. The number of hydrogen-bond donors (Lipinski definition) is 3. The number of ether oxygens (including phenoxy) is 1. The van der Waals surface area contributed by atoms with Gasteiger partial charge >= 0.3 is 12.0 Å². The Balaban J connectivity index is 1.29. The maximum absolute atomic E-state index is 14.5. The lowest BCUT2D eigenvalue weighted by atomic mass is 9.70. The van der Waals surface area contributed by atoms with E-state index in [9.17, 15) is 22.8 Å². The topological polar surface area (TPSA) is 83.2 Å². The number of urea groups is 1. The number of aromatic nitrogens is 1. The van der Waals surface area contributed by atoms with Crippen LogP contribution >= 0.6 is 0 Å². The fourth-order valence-electron chi connectivity index (χ4n) is 5.60. The number of halogens is 3. The molecule has 3 N–H and O–H groups in total. The van der Waals surface area contributed by atoms with Gasteiger partial charge in [0.05, 0.1) is 11.2 Å². The van der Waals surface area contributed by atoms with Crippen LogP contribution in [-0.4, -0.2) is 34.7 Å². The molecular weight excluding hydrogens is 471 g/mol.